The van der Waals surface area contributed by atoms with Crippen molar-refractivity contribution in [2.45, 2.75) is 55.0 Å². The molecule has 0 spiro atoms. The van der Waals surface area contributed by atoms with Crippen molar-refractivity contribution in [3.63, 3.8) is 0 Å². The summed E-state index contributed by atoms with van der Waals surface area (Å²) in [6.45, 7) is 1.82. The number of thioether (sulfide) groups is 1. The summed E-state index contributed by atoms with van der Waals surface area (Å²) < 4.78 is 1.86. The molecule has 1 saturated carbocycles. The van der Waals surface area contributed by atoms with Gasteiger partial charge in [-0.3, -0.25) is 4.79 Å². The van der Waals surface area contributed by atoms with Crippen LogP contribution >= 0.6 is 23.4 Å². The standard InChI is InChI=1S/C19H22ClN5OS/c1-13(17(26)22-19(12-21)10-4-3-5-11-19)27-18-24-23-16(25(18)2)14-6-8-15(20)9-7-14/h6-9,13H,3-5,10-11H2,1-2H3,(H,22,26)/t13-/m0/s1. The van der Waals surface area contributed by atoms with Gasteiger partial charge < -0.3 is 9.88 Å². The second kappa shape index (κ2) is 8.32. The molecule has 0 radical (unpaired) electrons. The van der Waals surface area contributed by atoms with Gasteiger partial charge in [0.2, 0.25) is 5.91 Å². The number of carbonyl (C=O) groups is 1. The van der Waals surface area contributed by atoms with E-state index in [1.54, 1.807) is 12.1 Å². The van der Waals surface area contributed by atoms with E-state index in [1.807, 2.05) is 30.7 Å². The highest BCUT2D eigenvalue weighted by Gasteiger charge is 2.35. The van der Waals surface area contributed by atoms with Gasteiger partial charge in [-0.2, -0.15) is 5.26 Å². The van der Waals surface area contributed by atoms with Crippen molar-refractivity contribution in [2.24, 2.45) is 7.05 Å². The quantitative estimate of drug-likeness (QED) is 0.764. The smallest absolute Gasteiger partial charge is 0.234 e. The number of carbonyl (C=O) groups excluding carboxylic acids is 1. The Kier molecular flexibility index (Phi) is 6.08. The Labute approximate surface area is 168 Å². The topological polar surface area (TPSA) is 83.6 Å². The molecular formula is C19H22ClN5OS. The fourth-order valence-corrected chi connectivity index (χ4v) is 4.18. The van der Waals surface area contributed by atoms with Crippen LogP contribution in [-0.4, -0.2) is 31.5 Å². The number of benzene rings is 1. The maximum absolute atomic E-state index is 12.7. The molecule has 142 valence electrons. The van der Waals surface area contributed by atoms with E-state index in [0.717, 1.165) is 37.7 Å². The highest BCUT2D eigenvalue weighted by atomic mass is 35.5. The number of halogens is 1. The van der Waals surface area contributed by atoms with Crippen molar-refractivity contribution in [3.8, 4) is 17.5 Å². The first-order valence-electron chi connectivity index (χ1n) is 8.99. The molecule has 0 bridgehead atoms. The van der Waals surface area contributed by atoms with Gasteiger partial charge in [0.25, 0.3) is 0 Å². The lowest BCUT2D eigenvalue weighted by molar-refractivity contribution is -0.121. The van der Waals surface area contributed by atoms with Gasteiger partial charge in [0, 0.05) is 17.6 Å². The summed E-state index contributed by atoms with van der Waals surface area (Å²) in [6, 6.07) is 9.71. The number of hydrogen-bond acceptors (Lipinski definition) is 5. The molecule has 1 atom stereocenters. The molecule has 1 fully saturated rings. The largest absolute Gasteiger partial charge is 0.337 e. The van der Waals surface area contributed by atoms with Gasteiger partial charge in [0.15, 0.2) is 11.0 Å². The van der Waals surface area contributed by atoms with E-state index in [1.165, 1.54) is 11.8 Å². The summed E-state index contributed by atoms with van der Waals surface area (Å²) in [7, 11) is 1.87. The minimum Gasteiger partial charge on any atom is -0.337 e. The average molecular weight is 404 g/mol. The molecule has 0 aliphatic heterocycles. The normalized spacial score (nSPS) is 17.1. The van der Waals surface area contributed by atoms with Crippen molar-refractivity contribution in [1.82, 2.24) is 20.1 Å². The molecule has 1 amide bonds. The van der Waals surface area contributed by atoms with Crippen LogP contribution in [-0.2, 0) is 11.8 Å². The Hall–Kier alpha value is -2.04. The lowest BCUT2D eigenvalue weighted by Gasteiger charge is -2.32. The Morgan fingerprint density at radius 2 is 1.96 bits per heavy atom. The summed E-state index contributed by atoms with van der Waals surface area (Å²) in [5, 5.41) is 21.9. The van der Waals surface area contributed by atoms with Gasteiger partial charge in [-0.05, 0) is 44.0 Å². The predicted molar refractivity (Wildman–Crippen MR) is 106 cm³/mol. The third kappa shape index (κ3) is 4.45. The minimum atomic E-state index is -0.724. The molecule has 1 aromatic carbocycles. The van der Waals surface area contributed by atoms with E-state index in [2.05, 4.69) is 21.6 Å². The molecule has 6 nitrogen and oxygen atoms in total. The van der Waals surface area contributed by atoms with Gasteiger partial charge in [-0.1, -0.05) is 42.6 Å². The maximum atomic E-state index is 12.7. The van der Waals surface area contributed by atoms with Gasteiger partial charge in [-0.15, -0.1) is 10.2 Å². The minimum absolute atomic E-state index is 0.139. The van der Waals surface area contributed by atoms with Crippen molar-refractivity contribution >= 4 is 29.3 Å². The average Bonchev–Trinajstić information content (AvgIpc) is 3.03. The van der Waals surface area contributed by atoms with Crippen LogP contribution in [0.15, 0.2) is 29.4 Å². The first kappa shape index (κ1) is 19.7. The number of nitrogens with zero attached hydrogens (tertiary/aromatic N) is 4. The molecule has 1 aromatic heterocycles. The third-order valence-electron chi connectivity index (χ3n) is 4.87. The van der Waals surface area contributed by atoms with E-state index in [4.69, 9.17) is 11.6 Å². The van der Waals surface area contributed by atoms with E-state index in [-0.39, 0.29) is 11.2 Å². The zero-order valence-corrected chi connectivity index (χ0v) is 17.0. The van der Waals surface area contributed by atoms with Crippen molar-refractivity contribution in [1.29, 1.82) is 5.26 Å². The molecule has 2 aromatic rings. The number of nitrogens with one attached hydrogen (secondary N) is 1. The number of aromatic nitrogens is 3. The molecule has 1 aliphatic rings. The van der Waals surface area contributed by atoms with Crippen molar-refractivity contribution in [2.75, 3.05) is 0 Å². The van der Waals surface area contributed by atoms with Crippen LogP contribution in [0, 0.1) is 11.3 Å². The lowest BCUT2D eigenvalue weighted by atomic mass is 9.83. The molecule has 27 heavy (non-hydrogen) atoms. The highest BCUT2D eigenvalue weighted by molar-refractivity contribution is 8.00. The van der Waals surface area contributed by atoms with E-state index in [9.17, 15) is 10.1 Å². The molecule has 8 heteroatoms. The Morgan fingerprint density at radius 1 is 1.30 bits per heavy atom. The highest BCUT2D eigenvalue weighted by Crippen LogP contribution is 2.30. The van der Waals surface area contributed by atoms with Crippen LogP contribution in [0.4, 0.5) is 0 Å². The van der Waals surface area contributed by atoms with E-state index in [0.29, 0.717) is 16.0 Å². The predicted octanol–water partition coefficient (Wildman–Crippen LogP) is 3.96. The SMILES string of the molecule is C[C@H](Sc1nnc(-c2ccc(Cl)cc2)n1C)C(=O)NC1(C#N)CCCCC1. The number of nitriles is 1. The van der Waals surface area contributed by atoms with Crippen molar-refractivity contribution in [3.05, 3.63) is 29.3 Å². The number of hydrogen-bond donors (Lipinski definition) is 1. The molecule has 0 unspecified atom stereocenters. The Balaban J connectivity index is 1.69. The number of rotatable bonds is 5. The first-order chi connectivity index (χ1) is 12.9. The molecular weight excluding hydrogens is 382 g/mol. The zero-order chi connectivity index (χ0) is 19.4. The molecule has 3 rings (SSSR count). The second-order valence-electron chi connectivity index (χ2n) is 6.88. The molecule has 1 heterocycles. The van der Waals surface area contributed by atoms with Gasteiger partial charge >= 0.3 is 0 Å². The summed E-state index contributed by atoms with van der Waals surface area (Å²) in [5.74, 6) is 0.571. The monoisotopic (exact) mass is 403 g/mol. The summed E-state index contributed by atoms with van der Waals surface area (Å²) in [6.07, 6.45) is 4.51. The van der Waals surface area contributed by atoms with Gasteiger partial charge in [0.05, 0.1) is 11.3 Å². The van der Waals surface area contributed by atoms with Crippen LogP contribution in [0.5, 0.6) is 0 Å². The first-order valence-corrected chi connectivity index (χ1v) is 10.3. The van der Waals surface area contributed by atoms with Gasteiger partial charge in [0.1, 0.15) is 5.54 Å². The summed E-state index contributed by atoms with van der Waals surface area (Å²) in [4.78, 5) is 12.7. The van der Waals surface area contributed by atoms with Crippen molar-refractivity contribution < 1.29 is 4.79 Å². The summed E-state index contributed by atoms with van der Waals surface area (Å²) in [5.41, 5.74) is 0.183. The lowest BCUT2D eigenvalue weighted by Crippen LogP contribution is -2.50. The molecule has 1 aliphatic carbocycles. The van der Waals surface area contributed by atoms with Crippen LogP contribution < -0.4 is 5.32 Å². The Bertz CT molecular complexity index is 852. The van der Waals surface area contributed by atoms with Crippen LogP contribution in [0.1, 0.15) is 39.0 Å². The number of amides is 1. The van der Waals surface area contributed by atoms with Crippen LogP contribution in [0.3, 0.4) is 0 Å². The third-order valence-corrected chi connectivity index (χ3v) is 6.26. The molecule has 0 saturated heterocycles. The fourth-order valence-electron chi connectivity index (χ4n) is 3.24. The van der Waals surface area contributed by atoms with Crippen LogP contribution in [0.2, 0.25) is 5.02 Å². The fraction of sp³-hybridized carbons (Fsp3) is 0.474. The van der Waals surface area contributed by atoms with Gasteiger partial charge in [-0.25, -0.2) is 0 Å². The maximum Gasteiger partial charge on any atom is 0.234 e. The second-order valence-corrected chi connectivity index (χ2v) is 8.62. The summed E-state index contributed by atoms with van der Waals surface area (Å²) >= 11 is 7.27. The van der Waals surface area contributed by atoms with Crippen LogP contribution in [0.25, 0.3) is 11.4 Å². The Morgan fingerprint density at radius 3 is 2.59 bits per heavy atom. The zero-order valence-electron chi connectivity index (χ0n) is 15.4. The van der Waals surface area contributed by atoms with E-state index < -0.39 is 5.54 Å². The van der Waals surface area contributed by atoms with E-state index >= 15 is 0 Å². The molecule has 1 N–H and O–H groups in total.